The van der Waals surface area contributed by atoms with E-state index in [2.05, 4.69) is 10.6 Å². The van der Waals surface area contributed by atoms with Gasteiger partial charge in [0.05, 0.1) is 23.9 Å². The molecule has 2 N–H and O–H groups in total. The molecule has 1 atom stereocenters. The smallest absolute Gasteiger partial charge is 0.338 e. The normalized spacial score (nSPS) is 17.6. The summed E-state index contributed by atoms with van der Waals surface area (Å²) in [6.07, 6.45) is 0. The zero-order valence-electron chi connectivity index (χ0n) is 18.2. The minimum absolute atomic E-state index is 0.0424. The van der Waals surface area contributed by atoms with Crippen LogP contribution in [0.5, 0.6) is 5.75 Å². The van der Waals surface area contributed by atoms with E-state index in [0.717, 1.165) is 16.7 Å². The number of anilines is 1. The van der Waals surface area contributed by atoms with E-state index in [1.165, 1.54) is 4.90 Å². The van der Waals surface area contributed by atoms with Crippen LogP contribution in [0.15, 0.2) is 53.7 Å². The summed E-state index contributed by atoms with van der Waals surface area (Å²) >= 11 is 0. The van der Waals surface area contributed by atoms with Gasteiger partial charge in [-0.05, 0) is 56.2 Å². The number of nitrogens with zero attached hydrogens (tertiary/aromatic N) is 1. The Morgan fingerprint density at radius 2 is 1.94 bits per heavy atom. The SMILES string of the molecule is CCOc1ccc(NC(=O)CN2C(=O)NC(c3cc(C)ccc3C)C3=C2COC3=O)cc1. The predicted molar refractivity (Wildman–Crippen MR) is 118 cm³/mol. The number of benzene rings is 2. The predicted octanol–water partition coefficient (Wildman–Crippen LogP) is 3.22. The van der Waals surface area contributed by atoms with Crippen molar-refractivity contribution in [3.63, 3.8) is 0 Å². The second-order valence-electron chi connectivity index (χ2n) is 7.77. The average Bonchev–Trinajstić information content (AvgIpc) is 3.15. The Morgan fingerprint density at radius 3 is 2.66 bits per heavy atom. The summed E-state index contributed by atoms with van der Waals surface area (Å²) < 4.78 is 10.6. The highest BCUT2D eigenvalue weighted by atomic mass is 16.5. The third kappa shape index (κ3) is 4.16. The summed E-state index contributed by atoms with van der Waals surface area (Å²) in [5.74, 6) is -0.168. The van der Waals surface area contributed by atoms with Crippen LogP contribution in [0.1, 0.15) is 29.7 Å². The molecule has 166 valence electrons. The van der Waals surface area contributed by atoms with Crippen LogP contribution in [0.2, 0.25) is 0 Å². The standard InChI is InChI=1S/C24H25N3O5/c1-4-31-17-9-7-16(8-10-17)25-20(28)12-27-19-13-32-23(29)21(19)22(26-24(27)30)18-11-14(2)5-6-15(18)3/h5-11,22H,4,12-13H2,1-3H3,(H,25,28)(H,26,30). The molecular weight excluding hydrogens is 410 g/mol. The summed E-state index contributed by atoms with van der Waals surface area (Å²) in [7, 11) is 0. The maximum atomic E-state index is 12.9. The number of carbonyl (C=O) groups is 3. The highest BCUT2D eigenvalue weighted by Gasteiger charge is 2.43. The van der Waals surface area contributed by atoms with Crippen LogP contribution in [0.3, 0.4) is 0 Å². The monoisotopic (exact) mass is 435 g/mol. The van der Waals surface area contributed by atoms with E-state index in [0.29, 0.717) is 29.3 Å². The topological polar surface area (TPSA) is 97.0 Å². The fourth-order valence-corrected chi connectivity index (χ4v) is 3.93. The number of hydrogen-bond donors (Lipinski definition) is 2. The molecule has 1 unspecified atom stereocenters. The number of ether oxygens (including phenoxy) is 2. The van der Waals surface area contributed by atoms with E-state index in [1.807, 2.05) is 39.0 Å². The van der Waals surface area contributed by atoms with Crippen LogP contribution in [-0.2, 0) is 14.3 Å². The number of rotatable bonds is 6. The van der Waals surface area contributed by atoms with E-state index < -0.39 is 18.0 Å². The van der Waals surface area contributed by atoms with Crippen molar-refractivity contribution in [3.8, 4) is 5.75 Å². The van der Waals surface area contributed by atoms with Crippen LogP contribution < -0.4 is 15.4 Å². The summed E-state index contributed by atoms with van der Waals surface area (Å²) in [6.45, 7) is 6.04. The van der Waals surface area contributed by atoms with E-state index in [9.17, 15) is 14.4 Å². The molecule has 2 aromatic carbocycles. The first-order chi connectivity index (χ1) is 15.4. The van der Waals surface area contributed by atoms with E-state index in [4.69, 9.17) is 9.47 Å². The van der Waals surface area contributed by atoms with Crippen LogP contribution in [0.4, 0.5) is 10.5 Å². The van der Waals surface area contributed by atoms with Gasteiger partial charge in [0.25, 0.3) is 0 Å². The number of carbonyl (C=O) groups excluding carboxylic acids is 3. The zero-order valence-corrected chi connectivity index (χ0v) is 18.2. The van der Waals surface area contributed by atoms with E-state index in [-0.39, 0.29) is 19.1 Å². The van der Waals surface area contributed by atoms with Crippen LogP contribution in [0.25, 0.3) is 0 Å². The lowest BCUT2D eigenvalue weighted by molar-refractivity contribution is -0.136. The van der Waals surface area contributed by atoms with Crippen molar-refractivity contribution in [2.75, 3.05) is 25.1 Å². The Morgan fingerprint density at radius 1 is 1.19 bits per heavy atom. The van der Waals surface area contributed by atoms with E-state index >= 15 is 0 Å². The Kier molecular flexibility index (Phi) is 5.85. The second kappa shape index (κ2) is 8.74. The Bertz CT molecular complexity index is 1110. The van der Waals surface area contributed by atoms with Gasteiger partial charge in [0.15, 0.2) is 0 Å². The minimum Gasteiger partial charge on any atom is -0.494 e. The maximum Gasteiger partial charge on any atom is 0.338 e. The number of amides is 3. The van der Waals surface area contributed by atoms with E-state index in [1.54, 1.807) is 24.3 Å². The zero-order chi connectivity index (χ0) is 22.8. The number of esters is 1. The van der Waals surface area contributed by atoms with Crippen molar-refractivity contribution >= 4 is 23.6 Å². The largest absolute Gasteiger partial charge is 0.494 e. The Labute approximate surface area is 186 Å². The molecule has 3 amide bonds. The number of urea groups is 1. The van der Waals surface area contributed by atoms with Gasteiger partial charge >= 0.3 is 12.0 Å². The van der Waals surface area contributed by atoms with Gasteiger partial charge in [-0.15, -0.1) is 0 Å². The summed E-state index contributed by atoms with van der Waals surface area (Å²) in [5, 5.41) is 5.64. The van der Waals surface area contributed by atoms with Gasteiger partial charge in [-0.2, -0.15) is 0 Å². The van der Waals surface area contributed by atoms with Crippen molar-refractivity contribution in [1.29, 1.82) is 0 Å². The van der Waals surface area contributed by atoms with Crippen LogP contribution >= 0.6 is 0 Å². The molecule has 0 bridgehead atoms. The Balaban J connectivity index is 1.56. The van der Waals surface area contributed by atoms with Gasteiger partial charge in [-0.3, -0.25) is 9.69 Å². The fraction of sp³-hybridized carbons (Fsp3) is 0.292. The molecule has 0 aromatic heterocycles. The van der Waals surface area contributed by atoms with Gasteiger partial charge in [-0.25, -0.2) is 9.59 Å². The molecule has 0 spiro atoms. The van der Waals surface area contributed by atoms with Crippen molar-refractivity contribution in [2.45, 2.75) is 26.8 Å². The summed E-state index contributed by atoms with van der Waals surface area (Å²) in [6, 6.07) is 11.8. The van der Waals surface area contributed by atoms with Gasteiger partial charge in [0, 0.05) is 5.69 Å². The van der Waals surface area contributed by atoms with Gasteiger partial charge in [0.2, 0.25) is 5.91 Å². The molecular formula is C24H25N3O5. The first-order valence-electron chi connectivity index (χ1n) is 10.5. The number of hydrogen-bond acceptors (Lipinski definition) is 5. The number of aryl methyl sites for hydroxylation is 2. The quantitative estimate of drug-likeness (QED) is 0.679. The van der Waals surface area contributed by atoms with Crippen molar-refractivity contribution in [1.82, 2.24) is 10.2 Å². The molecule has 2 heterocycles. The molecule has 0 radical (unpaired) electrons. The van der Waals surface area contributed by atoms with Crippen LogP contribution in [0, 0.1) is 13.8 Å². The highest BCUT2D eigenvalue weighted by Crippen LogP contribution is 2.36. The van der Waals surface area contributed by atoms with Crippen molar-refractivity contribution in [3.05, 3.63) is 70.4 Å². The lowest BCUT2D eigenvalue weighted by atomic mass is 9.91. The lowest BCUT2D eigenvalue weighted by Crippen LogP contribution is -2.49. The Hall–Kier alpha value is -3.81. The molecule has 0 aliphatic carbocycles. The lowest BCUT2D eigenvalue weighted by Gasteiger charge is -2.33. The van der Waals surface area contributed by atoms with Gasteiger partial charge in [-0.1, -0.05) is 23.8 Å². The molecule has 0 fully saturated rings. The number of nitrogens with one attached hydrogen (secondary N) is 2. The molecule has 4 rings (SSSR count). The molecule has 2 aliphatic rings. The van der Waals surface area contributed by atoms with Gasteiger partial charge in [0.1, 0.15) is 18.9 Å². The molecule has 2 aromatic rings. The van der Waals surface area contributed by atoms with Crippen molar-refractivity contribution < 1.29 is 23.9 Å². The highest BCUT2D eigenvalue weighted by molar-refractivity contribution is 6.00. The first-order valence-corrected chi connectivity index (χ1v) is 10.5. The van der Waals surface area contributed by atoms with Crippen molar-refractivity contribution in [2.24, 2.45) is 0 Å². The molecule has 2 aliphatic heterocycles. The second-order valence-corrected chi connectivity index (χ2v) is 7.77. The molecule has 8 nitrogen and oxygen atoms in total. The third-order valence-corrected chi connectivity index (χ3v) is 5.49. The first kappa shape index (κ1) is 21.4. The minimum atomic E-state index is -0.613. The molecule has 32 heavy (non-hydrogen) atoms. The molecule has 0 saturated heterocycles. The third-order valence-electron chi connectivity index (χ3n) is 5.49. The van der Waals surface area contributed by atoms with Crippen LogP contribution in [-0.4, -0.2) is 42.6 Å². The van der Waals surface area contributed by atoms with Gasteiger partial charge < -0.3 is 20.1 Å². The molecule has 8 heteroatoms. The summed E-state index contributed by atoms with van der Waals surface area (Å²) in [4.78, 5) is 39.4. The number of cyclic esters (lactones) is 1. The summed E-state index contributed by atoms with van der Waals surface area (Å²) in [5.41, 5.74) is 4.18. The maximum absolute atomic E-state index is 12.9. The fourth-order valence-electron chi connectivity index (χ4n) is 3.93. The average molecular weight is 435 g/mol. The molecule has 0 saturated carbocycles.